The van der Waals surface area contributed by atoms with Crippen LogP contribution in [0.3, 0.4) is 0 Å². The van der Waals surface area contributed by atoms with E-state index in [1.807, 2.05) is 7.05 Å². The van der Waals surface area contributed by atoms with Gasteiger partial charge < -0.3 is 10.6 Å². The van der Waals surface area contributed by atoms with Gasteiger partial charge in [0.25, 0.3) is 0 Å². The van der Waals surface area contributed by atoms with E-state index in [4.69, 9.17) is 0 Å². The van der Waals surface area contributed by atoms with Crippen LogP contribution in [0.1, 0.15) is 52.4 Å². The minimum atomic E-state index is 0.703. The largest absolute Gasteiger partial charge is 0.352 e. The van der Waals surface area contributed by atoms with Crippen molar-refractivity contribution in [2.24, 2.45) is 4.99 Å². The summed E-state index contributed by atoms with van der Waals surface area (Å²) in [5.74, 6) is 0.815. The molecule has 0 atom stereocenters. The van der Waals surface area contributed by atoms with E-state index in [0.29, 0.717) is 6.54 Å². The van der Waals surface area contributed by atoms with Crippen molar-refractivity contribution in [1.29, 1.82) is 0 Å². The molecule has 28 heavy (non-hydrogen) atoms. The Labute approximate surface area is 173 Å². The van der Waals surface area contributed by atoms with Crippen molar-refractivity contribution in [2.45, 2.75) is 59.2 Å². The molecule has 6 heteroatoms. The van der Waals surface area contributed by atoms with Crippen LogP contribution in [0.5, 0.6) is 0 Å². The molecule has 0 saturated carbocycles. The lowest BCUT2D eigenvalue weighted by atomic mass is 10.1. The van der Waals surface area contributed by atoms with Gasteiger partial charge in [-0.1, -0.05) is 37.1 Å². The number of benzene rings is 1. The molecule has 0 aliphatic carbocycles. The molecule has 0 bridgehead atoms. The topological polar surface area (TPSA) is 52.6 Å². The van der Waals surface area contributed by atoms with E-state index in [2.05, 4.69) is 63.6 Å². The molecule has 152 valence electrons. The molecule has 3 rings (SSSR count). The second kappa shape index (κ2) is 10.6. The molecule has 1 aliphatic heterocycles. The molecule has 1 saturated heterocycles. The minimum Gasteiger partial charge on any atom is -0.352 e. The average molecular weight is 400 g/mol. The molecule has 1 aromatic carbocycles. The highest BCUT2D eigenvalue weighted by atomic mass is 32.1. The number of aliphatic imine (C=N–C) groups is 1. The van der Waals surface area contributed by atoms with Crippen molar-refractivity contribution in [1.82, 2.24) is 20.5 Å². The van der Waals surface area contributed by atoms with Gasteiger partial charge >= 0.3 is 0 Å². The zero-order valence-electron chi connectivity index (χ0n) is 17.4. The monoisotopic (exact) mass is 399 g/mol. The normalized spacial score (nSPS) is 16.0. The summed E-state index contributed by atoms with van der Waals surface area (Å²) in [7, 11) is 1.82. The third kappa shape index (κ3) is 6.04. The molecule has 0 spiro atoms. The fourth-order valence-corrected chi connectivity index (χ4v) is 4.47. The van der Waals surface area contributed by atoms with E-state index in [1.165, 1.54) is 54.8 Å². The number of nitrogens with zero attached hydrogens (tertiary/aromatic N) is 3. The van der Waals surface area contributed by atoms with Crippen LogP contribution >= 0.6 is 11.3 Å². The lowest BCUT2D eigenvalue weighted by Crippen LogP contribution is -2.36. The first-order valence-electron chi connectivity index (χ1n) is 10.3. The Morgan fingerprint density at radius 3 is 2.36 bits per heavy atom. The third-order valence-electron chi connectivity index (χ3n) is 5.36. The molecule has 2 heterocycles. The van der Waals surface area contributed by atoms with E-state index in [1.54, 1.807) is 11.3 Å². The summed E-state index contributed by atoms with van der Waals surface area (Å²) in [6.07, 6.45) is 5.40. The van der Waals surface area contributed by atoms with E-state index < -0.39 is 0 Å². The number of guanidine groups is 1. The van der Waals surface area contributed by atoms with Gasteiger partial charge in [0.05, 0.1) is 12.2 Å². The van der Waals surface area contributed by atoms with Gasteiger partial charge in [-0.25, -0.2) is 4.98 Å². The fraction of sp³-hybridized carbons (Fsp3) is 0.545. The summed E-state index contributed by atoms with van der Waals surface area (Å²) in [6, 6.07) is 8.76. The van der Waals surface area contributed by atoms with Crippen molar-refractivity contribution in [2.75, 3.05) is 20.1 Å². The Hall–Kier alpha value is -1.92. The fourth-order valence-electron chi connectivity index (χ4n) is 3.59. The Balaban J connectivity index is 1.55. The summed E-state index contributed by atoms with van der Waals surface area (Å²) in [6.45, 7) is 9.14. The SMILES string of the molecule is CN=C(NCc1nc(C)c(C)s1)NCc1ccccc1CN1CCCCCC1. The van der Waals surface area contributed by atoms with Crippen LogP contribution < -0.4 is 10.6 Å². The molecule has 1 aliphatic rings. The van der Waals surface area contributed by atoms with Crippen molar-refractivity contribution in [3.05, 3.63) is 51.0 Å². The maximum atomic E-state index is 4.59. The number of nitrogens with one attached hydrogen (secondary N) is 2. The number of thiazole rings is 1. The molecule has 0 radical (unpaired) electrons. The van der Waals surface area contributed by atoms with Gasteiger partial charge in [-0.3, -0.25) is 9.89 Å². The van der Waals surface area contributed by atoms with Crippen molar-refractivity contribution >= 4 is 17.3 Å². The molecule has 2 N–H and O–H groups in total. The van der Waals surface area contributed by atoms with Crippen LogP contribution in [0.15, 0.2) is 29.3 Å². The van der Waals surface area contributed by atoms with Crippen molar-refractivity contribution < 1.29 is 0 Å². The molecule has 1 fully saturated rings. The summed E-state index contributed by atoms with van der Waals surface area (Å²) >= 11 is 1.74. The molecular weight excluding hydrogens is 366 g/mol. The van der Waals surface area contributed by atoms with Gasteiger partial charge in [0.1, 0.15) is 5.01 Å². The van der Waals surface area contributed by atoms with Gasteiger partial charge in [-0.05, 0) is 50.9 Å². The second-order valence-corrected chi connectivity index (χ2v) is 8.78. The number of aromatic nitrogens is 1. The Morgan fingerprint density at radius 2 is 1.71 bits per heavy atom. The quantitative estimate of drug-likeness (QED) is 0.569. The Bertz CT molecular complexity index is 755. The van der Waals surface area contributed by atoms with E-state index in [0.717, 1.165) is 29.8 Å². The Morgan fingerprint density at radius 1 is 1.04 bits per heavy atom. The van der Waals surface area contributed by atoms with E-state index >= 15 is 0 Å². The standard InChI is InChI=1S/C22H33N5S/c1-17-18(2)28-21(26-17)15-25-22(23-3)24-14-19-10-6-7-11-20(19)16-27-12-8-4-5-9-13-27/h6-7,10-11H,4-5,8-9,12-16H2,1-3H3,(H2,23,24,25). The van der Waals surface area contributed by atoms with Crippen LogP contribution in [-0.4, -0.2) is 36.0 Å². The predicted octanol–water partition coefficient (Wildman–Crippen LogP) is 4.00. The molecule has 5 nitrogen and oxygen atoms in total. The van der Waals surface area contributed by atoms with E-state index in [-0.39, 0.29) is 0 Å². The van der Waals surface area contributed by atoms with Gasteiger partial charge in [0, 0.05) is 25.0 Å². The van der Waals surface area contributed by atoms with Gasteiger partial charge in [-0.2, -0.15) is 0 Å². The van der Waals surface area contributed by atoms with E-state index in [9.17, 15) is 0 Å². The van der Waals surface area contributed by atoms with Crippen LogP contribution in [0.2, 0.25) is 0 Å². The van der Waals surface area contributed by atoms with Crippen molar-refractivity contribution in [3.8, 4) is 0 Å². The molecule has 2 aromatic rings. The summed E-state index contributed by atoms with van der Waals surface area (Å²) in [4.78, 5) is 12.8. The molecular formula is C22H33N5S. The number of rotatable bonds is 6. The molecule has 1 aromatic heterocycles. The molecule has 0 amide bonds. The molecule has 0 unspecified atom stereocenters. The number of likely N-dealkylation sites (tertiary alicyclic amines) is 1. The lowest BCUT2D eigenvalue weighted by molar-refractivity contribution is 0.276. The van der Waals surface area contributed by atoms with Gasteiger partial charge in [0.15, 0.2) is 5.96 Å². The van der Waals surface area contributed by atoms with Crippen molar-refractivity contribution in [3.63, 3.8) is 0 Å². The highest BCUT2D eigenvalue weighted by Gasteiger charge is 2.12. The summed E-state index contributed by atoms with van der Waals surface area (Å²) in [5.41, 5.74) is 3.88. The van der Waals surface area contributed by atoms with Crippen LogP contribution in [-0.2, 0) is 19.6 Å². The predicted molar refractivity (Wildman–Crippen MR) is 119 cm³/mol. The first-order valence-corrected chi connectivity index (χ1v) is 11.1. The number of hydrogen-bond acceptors (Lipinski definition) is 4. The maximum absolute atomic E-state index is 4.59. The maximum Gasteiger partial charge on any atom is 0.191 e. The van der Waals surface area contributed by atoms with Crippen LogP contribution in [0.4, 0.5) is 0 Å². The minimum absolute atomic E-state index is 0.703. The number of hydrogen-bond donors (Lipinski definition) is 2. The highest BCUT2D eigenvalue weighted by Crippen LogP contribution is 2.17. The zero-order chi connectivity index (χ0) is 19.8. The van der Waals surface area contributed by atoms with Crippen LogP contribution in [0.25, 0.3) is 0 Å². The number of aryl methyl sites for hydroxylation is 2. The first-order chi connectivity index (χ1) is 13.7. The summed E-state index contributed by atoms with van der Waals surface area (Å²) < 4.78 is 0. The van der Waals surface area contributed by atoms with Gasteiger partial charge in [0.2, 0.25) is 0 Å². The first kappa shape index (κ1) is 20.8. The van der Waals surface area contributed by atoms with Gasteiger partial charge in [-0.15, -0.1) is 11.3 Å². The smallest absolute Gasteiger partial charge is 0.191 e. The third-order valence-corrected chi connectivity index (χ3v) is 6.43. The van der Waals surface area contributed by atoms with Crippen LogP contribution in [0, 0.1) is 13.8 Å². The second-order valence-electron chi connectivity index (χ2n) is 7.49. The Kier molecular flexibility index (Phi) is 7.86. The average Bonchev–Trinajstić information content (AvgIpc) is 2.88. The lowest BCUT2D eigenvalue weighted by Gasteiger charge is -2.22. The summed E-state index contributed by atoms with van der Waals surface area (Å²) in [5, 5.41) is 7.94. The highest BCUT2D eigenvalue weighted by molar-refractivity contribution is 7.11. The zero-order valence-corrected chi connectivity index (χ0v) is 18.2.